The van der Waals surface area contributed by atoms with E-state index in [9.17, 15) is 18.0 Å². The third-order valence-corrected chi connectivity index (χ3v) is 5.15. The Hall–Kier alpha value is -4.32. The number of ether oxygens (including phenoxy) is 1. The smallest absolute Gasteiger partial charge is 0.378 e. The molecule has 0 atom stereocenters. The summed E-state index contributed by atoms with van der Waals surface area (Å²) in [6.07, 6.45) is -4.50. The molecule has 2 aromatic carbocycles. The lowest BCUT2D eigenvalue weighted by molar-refractivity contribution is -0.137. The summed E-state index contributed by atoms with van der Waals surface area (Å²) in [6, 6.07) is 15.4. The molecule has 12 heteroatoms. The lowest BCUT2D eigenvalue weighted by Crippen LogP contribution is -2.23. The first-order chi connectivity index (χ1) is 16.8. The van der Waals surface area contributed by atoms with E-state index < -0.39 is 17.4 Å². The third kappa shape index (κ3) is 4.43. The summed E-state index contributed by atoms with van der Waals surface area (Å²) in [4.78, 5) is 21.9. The number of hydrogen-bond donors (Lipinski definition) is 0. The number of nitrogens with zero attached hydrogens (tertiary/aromatic N) is 6. The predicted octanol–water partition coefficient (Wildman–Crippen LogP) is 3.82. The fourth-order valence-corrected chi connectivity index (χ4v) is 3.59. The molecule has 0 spiro atoms. The van der Waals surface area contributed by atoms with Gasteiger partial charge in [-0.15, -0.1) is 5.10 Å². The van der Waals surface area contributed by atoms with E-state index in [2.05, 4.69) is 20.2 Å². The molecular weight excluding hydrogens is 465 g/mol. The molecule has 9 nitrogen and oxygen atoms in total. The second kappa shape index (κ2) is 8.80. The van der Waals surface area contributed by atoms with Crippen molar-refractivity contribution in [3.05, 3.63) is 88.3 Å². The van der Waals surface area contributed by atoms with Crippen LogP contribution in [-0.2, 0) is 24.1 Å². The van der Waals surface area contributed by atoms with Gasteiger partial charge in [0.1, 0.15) is 12.4 Å². The summed E-state index contributed by atoms with van der Waals surface area (Å²) >= 11 is 0. The van der Waals surface area contributed by atoms with E-state index in [1.807, 2.05) is 30.3 Å². The van der Waals surface area contributed by atoms with Crippen LogP contribution in [0.25, 0.3) is 28.4 Å². The van der Waals surface area contributed by atoms with Crippen LogP contribution in [0.15, 0.2) is 70.0 Å². The van der Waals surface area contributed by atoms with Crippen molar-refractivity contribution in [2.75, 3.05) is 7.11 Å². The van der Waals surface area contributed by atoms with Crippen LogP contribution in [0, 0.1) is 0 Å². The number of benzene rings is 2. The summed E-state index contributed by atoms with van der Waals surface area (Å²) in [6.45, 7) is 0.0434. The van der Waals surface area contributed by atoms with Gasteiger partial charge in [0.2, 0.25) is 11.7 Å². The predicted molar refractivity (Wildman–Crippen MR) is 117 cm³/mol. The van der Waals surface area contributed by atoms with E-state index in [1.54, 1.807) is 6.07 Å². The van der Waals surface area contributed by atoms with Crippen LogP contribution in [-0.4, -0.2) is 36.4 Å². The number of halogens is 3. The van der Waals surface area contributed by atoms with Crippen LogP contribution in [0.3, 0.4) is 0 Å². The van der Waals surface area contributed by atoms with Gasteiger partial charge in [-0.25, -0.2) is 18.9 Å². The maximum atomic E-state index is 13.2. The molecule has 0 saturated carbocycles. The van der Waals surface area contributed by atoms with Crippen LogP contribution in [0.1, 0.15) is 17.1 Å². The quantitative estimate of drug-likeness (QED) is 0.363. The molecule has 0 bridgehead atoms. The molecule has 3 aromatic heterocycles. The van der Waals surface area contributed by atoms with E-state index in [0.29, 0.717) is 22.7 Å². The lowest BCUT2D eigenvalue weighted by Gasteiger charge is -2.06. The molecule has 35 heavy (non-hydrogen) atoms. The Kier molecular flexibility index (Phi) is 5.65. The molecule has 3 heterocycles. The molecule has 0 fully saturated rings. The first-order valence-electron chi connectivity index (χ1n) is 10.4. The molecule has 0 aliphatic carbocycles. The second-order valence-corrected chi connectivity index (χ2v) is 7.59. The average molecular weight is 482 g/mol. The van der Waals surface area contributed by atoms with Gasteiger partial charge in [0.25, 0.3) is 0 Å². The lowest BCUT2D eigenvalue weighted by atomic mass is 10.1. The van der Waals surface area contributed by atoms with E-state index in [4.69, 9.17) is 9.26 Å². The van der Waals surface area contributed by atoms with Gasteiger partial charge in [0.15, 0.2) is 5.65 Å². The number of hydrogen-bond acceptors (Lipinski definition) is 7. The Morgan fingerprint density at radius 3 is 2.51 bits per heavy atom. The van der Waals surface area contributed by atoms with Crippen LogP contribution in [0.2, 0.25) is 0 Å². The maximum Gasteiger partial charge on any atom is 0.416 e. The summed E-state index contributed by atoms with van der Waals surface area (Å²) in [5.41, 5.74) is 0.452. The minimum Gasteiger partial charge on any atom is -0.378 e. The Morgan fingerprint density at radius 1 is 1.00 bits per heavy atom. The highest BCUT2D eigenvalue weighted by Crippen LogP contribution is 2.31. The van der Waals surface area contributed by atoms with Crippen molar-refractivity contribution in [2.45, 2.75) is 19.3 Å². The zero-order valence-electron chi connectivity index (χ0n) is 18.2. The molecule has 0 saturated heterocycles. The highest BCUT2D eigenvalue weighted by Gasteiger charge is 2.30. The first kappa shape index (κ1) is 22.5. The molecule has 0 N–H and O–H groups in total. The van der Waals surface area contributed by atoms with Gasteiger partial charge in [-0.3, -0.25) is 0 Å². The summed E-state index contributed by atoms with van der Waals surface area (Å²) in [5.74, 6) is 0.368. The zero-order valence-corrected chi connectivity index (χ0v) is 18.2. The maximum absolute atomic E-state index is 13.2. The summed E-state index contributed by atoms with van der Waals surface area (Å²) in [5, 5.41) is 8.12. The standard InChI is InChI=1S/C23H17F3N6O3/c1-34-13-17-11-18-29-31(22(33)32(18)21(27-17)14-6-3-2-4-7-14)12-19-28-20(30-35-19)15-8-5-9-16(10-15)23(24,25)26/h2-11H,12-13H2,1H3. The van der Waals surface area contributed by atoms with Crippen molar-refractivity contribution in [1.82, 2.24) is 29.3 Å². The van der Waals surface area contributed by atoms with Gasteiger partial charge in [-0.05, 0) is 12.1 Å². The molecule has 5 aromatic rings. The zero-order chi connectivity index (χ0) is 24.6. The van der Waals surface area contributed by atoms with E-state index in [0.717, 1.165) is 16.8 Å². The van der Waals surface area contributed by atoms with Crippen molar-refractivity contribution < 1.29 is 22.4 Å². The molecule has 0 amide bonds. The van der Waals surface area contributed by atoms with Gasteiger partial charge < -0.3 is 9.26 Å². The number of fused-ring (bicyclic) bond motifs is 1. The molecule has 5 rings (SSSR count). The number of rotatable bonds is 6. The molecule has 0 aliphatic heterocycles. The fraction of sp³-hybridized carbons (Fsp3) is 0.174. The van der Waals surface area contributed by atoms with Crippen LogP contribution in [0.4, 0.5) is 13.2 Å². The fourth-order valence-electron chi connectivity index (χ4n) is 3.59. The van der Waals surface area contributed by atoms with Gasteiger partial charge in [-0.2, -0.15) is 18.2 Å². The average Bonchev–Trinajstić information content (AvgIpc) is 3.44. The van der Waals surface area contributed by atoms with Crippen LogP contribution < -0.4 is 5.69 Å². The third-order valence-electron chi connectivity index (χ3n) is 5.15. The normalized spacial score (nSPS) is 11.9. The molecule has 178 valence electrons. The van der Waals surface area contributed by atoms with Gasteiger partial charge in [0, 0.05) is 24.3 Å². The monoisotopic (exact) mass is 482 g/mol. The minimum atomic E-state index is -4.50. The van der Waals surface area contributed by atoms with Crippen molar-refractivity contribution in [3.63, 3.8) is 0 Å². The minimum absolute atomic E-state index is 0.00857. The van der Waals surface area contributed by atoms with Gasteiger partial charge in [-0.1, -0.05) is 47.6 Å². The number of alkyl halides is 3. The highest BCUT2D eigenvalue weighted by molar-refractivity contribution is 5.59. The summed E-state index contributed by atoms with van der Waals surface area (Å²) < 4.78 is 51.9. The SMILES string of the molecule is COCc1cc2nn(Cc3nc(-c4cccc(C(F)(F)F)c4)no3)c(=O)n2c(-c2ccccc2)n1. The van der Waals surface area contributed by atoms with E-state index >= 15 is 0 Å². The van der Waals surface area contributed by atoms with Crippen LogP contribution in [0.5, 0.6) is 0 Å². The highest BCUT2D eigenvalue weighted by atomic mass is 19.4. The second-order valence-electron chi connectivity index (χ2n) is 7.59. The molecule has 0 aliphatic rings. The van der Waals surface area contributed by atoms with Gasteiger partial charge >= 0.3 is 11.9 Å². The van der Waals surface area contributed by atoms with Crippen molar-refractivity contribution in [1.29, 1.82) is 0 Å². The van der Waals surface area contributed by atoms with Crippen molar-refractivity contribution in [3.8, 4) is 22.8 Å². The Bertz CT molecular complexity index is 1560. The molecule has 0 radical (unpaired) electrons. The molecule has 0 unspecified atom stereocenters. The Labute approximate surface area is 195 Å². The van der Waals surface area contributed by atoms with Crippen molar-refractivity contribution in [2.24, 2.45) is 0 Å². The number of aromatic nitrogens is 6. The first-order valence-corrected chi connectivity index (χ1v) is 10.4. The number of methoxy groups -OCH3 is 1. The van der Waals surface area contributed by atoms with E-state index in [1.165, 1.54) is 23.6 Å². The Balaban J connectivity index is 1.52. The van der Waals surface area contributed by atoms with Crippen LogP contribution >= 0.6 is 0 Å². The van der Waals surface area contributed by atoms with Crippen molar-refractivity contribution >= 4 is 5.65 Å². The topological polar surface area (TPSA) is 100 Å². The molecular formula is C23H17F3N6O3. The van der Waals surface area contributed by atoms with E-state index in [-0.39, 0.29) is 30.4 Å². The van der Waals surface area contributed by atoms with Gasteiger partial charge in [0.05, 0.1) is 17.9 Å². The Morgan fingerprint density at radius 2 is 1.77 bits per heavy atom. The summed E-state index contributed by atoms with van der Waals surface area (Å²) in [7, 11) is 1.54. The largest absolute Gasteiger partial charge is 0.416 e.